The van der Waals surface area contributed by atoms with Crippen molar-refractivity contribution in [2.24, 2.45) is 5.92 Å². The molecular formula is C19H29N3O3S. The molecule has 1 aromatic carbocycles. The smallest absolute Gasteiger partial charge is 0.243 e. The molecule has 0 unspecified atom stereocenters. The van der Waals surface area contributed by atoms with Gasteiger partial charge in [-0.15, -0.1) is 0 Å². The van der Waals surface area contributed by atoms with Crippen LogP contribution in [-0.4, -0.2) is 62.8 Å². The molecule has 0 bridgehead atoms. The van der Waals surface area contributed by atoms with Crippen LogP contribution in [0, 0.1) is 5.92 Å². The van der Waals surface area contributed by atoms with E-state index in [2.05, 4.69) is 19.2 Å². The third-order valence-electron chi connectivity index (χ3n) is 5.18. The van der Waals surface area contributed by atoms with Gasteiger partial charge in [-0.25, -0.2) is 8.42 Å². The van der Waals surface area contributed by atoms with Gasteiger partial charge in [-0.1, -0.05) is 26.0 Å². The Morgan fingerprint density at radius 2 is 1.73 bits per heavy atom. The Bertz CT molecular complexity index is 719. The van der Waals surface area contributed by atoms with E-state index in [0.29, 0.717) is 43.5 Å². The summed E-state index contributed by atoms with van der Waals surface area (Å²) >= 11 is 0. The summed E-state index contributed by atoms with van der Waals surface area (Å²) in [7, 11) is -3.49. The highest BCUT2D eigenvalue weighted by atomic mass is 32.2. The number of nitrogens with zero attached hydrogens (tertiary/aromatic N) is 2. The van der Waals surface area contributed by atoms with Crippen LogP contribution in [0.15, 0.2) is 29.2 Å². The first-order valence-corrected chi connectivity index (χ1v) is 10.9. The number of hydrogen-bond donors (Lipinski definition) is 1. The molecule has 6 nitrogen and oxygen atoms in total. The molecule has 1 aromatic rings. The van der Waals surface area contributed by atoms with E-state index in [1.165, 1.54) is 17.1 Å². The zero-order valence-electron chi connectivity index (χ0n) is 15.6. The first kappa shape index (κ1) is 19.3. The van der Waals surface area contributed by atoms with E-state index in [-0.39, 0.29) is 5.91 Å². The first-order chi connectivity index (χ1) is 12.4. The number of amides is 1. The van der Waals surface area contributed by atoms with Gasteiger partial charge in [0.2, 0.25) is 15.9 Å². The maximum atomic E-state index is 12.8. The second-order valence-electron chi connectivity index (χ2n) is 7.58. The lowest BCUT2D eigenvalue weighted by atomic mass is 10.0. The monoisotopic (exact) mass is 379 g/mol. The molecule has 1 N–H and O–H groups in total. The number of piperazine rings is 1. The van der Waals surface area contributed by atoms with Crippen LogP contribution < -0.4 is 5.32 Å². The number of carbonyl (C=O) groups is 1. The standard InChI is InChI=1S/C19H29N3O3S/c1-15(2)17-5-7-18(8-6-17)26(24,25)22-11-9-21(10-12-22)19(23)14-20-13-16-3-4-16/h5-8,15-16,20H,3-4,9-14H2,1-2H3. The lowest BCUT2D eigenvalue weighted by molar-refractivity contribution is -0.131. The number of rotatable bonds is 7. The topological polar surface area (TPSA) is 69.7 Å². The maximum Gasteiger partial charge on any atom is 0.243 e. The highest BCUT2D eigenvalue weighted by molar-refractivity contribution is 7.89. The van der Waals surface area contributed by atoms with Crippen LogP contribution in [0.2, 0.25) is 0 Å². The predicted molar refractivity (Wildman–Crippen MR) is 101 cm³/mol. The minimum Gasteiger partial charge on any atom is -0.339 e. The fourth-order valence-corrected chi connectivity index (χ4v) is 4.59. The summed E-state index contributed by atoms with van der Waals surface area (Å²) in [6, 6.07) is 7.12. The van der Waals surface area contributed by atoms with E-state index >= 15 is 0 Å². The molecular weight excluding hydrogens is 350 g/mol. The number of carbonyl (C=O) groups excluding carboxylic acids is 1. The van der Waals surface area contributed by atoms with Crippen molar-refractivity contribution in [3.05, 3.63) is 29.8 Å². The van der Waals surface area contributed by atoms with Gasteiger partial charge in [0.05, 0.1) is 11.4 Å². The van der Waals surface area contributed by atoms with Gasteiger partial charge < -0.3 is 10.2 Å². The molecule has 1 aliphatic heterocycles. The van der Waals surface area contributed by atoms with Crippen LogP contribution in [0.4, 0.5) is 0 Å². The zero-order chi connectivity index (χ0) is 18.7. The molecule has 0 aromatic heterocycles. The van der Waals surface area contributed by atoms with Gasteiger partial charge in [0.25, 0.3) is 0 Å². The second-order valence-corrected chi connectivity index (χ2v) is 9.52. The lowest BCUT2D eigenvalue weighted by Crippen LogP contribution is -2.52. The molecule has 144 valence electrons. The molecule has 1 heterocycles. The molecule has 7 heteroatoms. The third kappa shape index (κ3) is 4.64. The minimum atomic E-state index is -3.49. The summed E-state index contributed by atoms with van der Waals surface area (Å²) in [4.78, 5) is 14.3. The van der Waals surface area contributed by atoms with Crippen molar-refractivity contribution in [1.82, 2.24) is 14.5 Å². The van der Waals surface area contributed by atoms with Gasteiger partial charge >= 0.3 is 0 Å². The Balaban J connectivity index is 1.53. The third-order valence-corrected chi connectivity index (χ3v) is 7.09. The fourth-order valence-electron chi connectivity index (χ4n) is 3.17. The van der Waals surface area contributed by atoms with Gasteiger partial charge in [-0.05, 0) is 48.9 Å². The van der Waals surface area contributed by atoms with E-state index in [0.717, 1.165) is 18.0 Å². The number of benzene rings is 1. The van der Waals surface area contributed by atoms with Crippen molar-refractivity contribution in [2.75, 3.05) is 39.3 Å². The number of sulfonamides is 1. The molecule has 26 heavy (non-hydrogen) atoms. The Kier molecular flexibility index (Phi) is 5.99. The van der Waals surface area contributed by atoms with E-state index in [1.54, 1.807) is 17.0 Å². The van der Waals surface area contributed by atoms with E-state index < -0.39 is 10.0 Å². The molecule has 1 saturated carbocycles. The predicted octanol–water partition coefficient (Wildman–Crippen LogP) is 1.64. The van der Waals surface area contributed by atoms with Gasteiger partial charge in [0.1, 0.15) is 0 Å². The molecule has 0 atom stereocenters. The maximum absolute atomic E-state index is 12.8. The number of nitrogens with one attached hydrogen (secondary N) is 1. The van der Waals surface area contributed by atoms with Crippen molar-refractivity contribution in [3.63, 3.8) is 0 Å². The highest BCUT2D eigenvalue weighted by Crippen LogP contribution is 2.27. The van der Waals surface area contributed by atoms with Crippen LogP contribution in [0.5, 0.6) is 0 Å². The van der Waals surface area contributed by atoms with Crippen molar-refractivity contribution in [2.45, 2.75) is 37.5 Å². The Morgan fingerprint density at radius 1 is 1.12 bits per heavy atom. The summed E-state index contributed by atoms with van der Waals surface area (Å²) in [5.41, 5.74) is 1.12. The van der Waals surface area contributed by atoms with Crippen molar-refractivity contribution in [3.8, 4) is 0 Å². The molecule has 3 rings (SSSR count). The average molecular weight is 380 g/mol. The summed E-state index contributed by atoms with van der Waals surface area (Å²) in [5, 5.41) is 3.20. The molecule has 2 fully saturated rings. The van der Waals surface area contributed by atoms with Gasteiger partial charge in [0.15, 0.2) is 0 Å². The molecule has 1 aliphatic carbocycles. The van der Waals surface area contributed by atoms with Crippen LogP contribution in [-0.2, 0) is 14.8 Å². The summed E-state index contributed by atoms with van der Waals surface area (Å²) in [6.07, 6.45) is 2.52. The Labute approximate surface area is 156 Å². The molecule has 1 saturated heterocycles. The molecule has 2 aliphatic rings. The van der Waals surface area contributed by atoms with Crippen molar-refractivity contribution in [1.29, 1.82) is 0 Å². The minimum absolute atomic E-state index is 0.0592. The molecule has 1 amide bonds. The molecule has 0 radical (unpaired) electrons. The van der Waals surface area contributed by atoms with Crippen molar-refractivity contribution < 1.29 is 13.2 Å². The van der Waals surface area contributed by atoms with Crippen LogP contribution in [0.25, 0.3) is 0 Å². The van der Waals surface area contributed by atoms with E-state index in [4.69, 9.17) is 0 Å². The van der Waals surface area contributed by atoms with Gasteiger partial charge in [0, 0.05) is 26.2 Å². The molecule has 0 spiro atoms. The average Bonchev–Trinajstić information content (AvgIpc) is 3.46. The quantitative estimate of drug-likeness (QED) is 0.782. The largest absolute Gasteiger partial charge is 0.339 e. The van der Waals surface area contributed by atoms with Crippen LogP contribution in [0.1, 0.15) is 38.2 Å². The highest BCUT2D eigenvalue weighted by Gasteiger charge is 2.30. The lowest BCUT2D eigenvalue weighted by Gasteiger charge is -2.34. The van der Waals surface area contributed by atoms with Gasteiger partial charge in [-0.3, -0.25) is 4.79 Å². The van der Waals surface area contributed by atoms with Gasteiger partial charge in [-0.2, -0.15) is 4.31 Å². The van der Waals surface area contributed by atoms with E-state index in [1.807, 2.05) is 12.1 Å². The summed E-state index contributed by atoms with van der Waals surface area (Å²) in [5.74, 6) is 1.17. The second kappa shape index (κ2) is 8.06. The Morgan fingerprint density at radius 3 is 2.27 bits per heavy atom. The summed E-state index contributed by atoms with van der Waals surface area (Å²) in [6.45, 7) is 7.02. The van der Waals surface area contributed by atoms with Crippen LogP contribution in [0.3, 0.4) is 0 Å². The zero-order valence-corrected chi connectivity index (χ0v) is 16.5. The summed E-state index contributed by atoms with van der Waals surface area (Å²) < 4.78 is 27.1. The first-order valence-electron chi connectivity index (χ1n) is 9.46. The normalized spacial score (nSPS) is 19.1. The van der Waals surface area contributed by atoms with Crippen LogP contribution >= 0.6 is 0 Å². The Hall–Kier alpha value is -1.44. The van der Waals surface area contributed by atoms with Crippen molar-refractivity contribution >= 4 is 15.9 Å². The fraction of sp³-hybridized carbons (Fsp3) is 0.632. The SMILES string of the molecule is CC(C)c1ccc(S(=O)(=O)N2CCN(C(=O)CNCC3CC3)CC2)cc1. The number of hydrogen-bond acceptors (Lipinski definition) is 4. The van der Waals surface area contributed by atoms with E-state index in [9.17, 15) is 13.2 Å².